The van der Waals surface area contributed by atoms with Crippen LogP contribution in [0.1, 0.15) is 12.5 Å². The molecule has 5 nitrogen and oxygen atoms in total. The van der Waals surface area contributed by atoms with Crippen molar-refractivity contribution in [3.63, 3.8) is 0 Å². The monoisotopic (exact) mass is 401 g/mol. The molecule has 1 atom stereocenters. The summed E-state index contributed by atoms with van der Waals surface area (Å²) in [4.78, 5) is 12.5. The van der Waals surface area contributed by atoms with Gasteiger partial charge in [0.1, 0.15) is 10.8 Å². The second-order valence-corrected chi connectivity index (χ2v) is 8.35. The number of benzene rings is 2. The van der Waals surface area contributed by atoms with E-state index in [4.69, 9.17) is 27.9 Å². The Morgan fingerprint density at radius 1 is 1.20 bits per heavy atom. The van der Waals surface area contributed by atoms with Crippen LogP contribution in [0.2, 0.25) is 10.0 Å². The van der Waals surface area contributed by atoms with Gasteiger partial charge in [0, 0.05) is 11.9 Å². The van der Waals surface area contributed by atoms with Gasteiger partial charge >= 0.3 is 0 Å². The first-order valence-electron chi connectivity index (χ1n) is 7.32. The molecule has 0 bridgehead atoms. The number of carbonyl (C=O) groups excluding carboxylic acids is 1. The molecule has 8 heteroatoms. The average molecular weight is 402 g/mol. The highest BCUT2D eigenvalue weighted by Gasteiger charge is 2.19. The minimum atomic E-state index is -3.37. The molecule has 1 N–H and O–H groups in total. The molecule has 25 heavy (non-hydrogen) atoms. The van der Waals surface area contributed by atoms with Gasteiger partial charge < -0.3 is 10.1 Å². The van der Waals surface area contributed by atoms with E-state index in [2.05, 4.69) is 5.32 Å². The maximum atomic E-state index is 12.4. The van der Waals surface area contributed by atoms with E-state index in [-0.39, 0.29) is 9.92 Å². The topological polar surface area (TPSA) is 72.5 Å². The van der Waals surface area contributed by atoms with E-state index < -0.39 is 21.8 Å². The summed E-state index contributed by atoms with van der Waals surface area (Å²) in [6.07, 6.45) is 0.244. The highest BCUT2D eigenvalue weighted by atomic mass is 35.5. The van der Waals surface area contributed by atoms with Crippen LogP contribution in [-0.2, 0) is 14.6 Å². The van der Waals surface area contributed by atoms with E-state index in [1.807, 2.05) is 0 Å². The van der Waals surface area contributed by atoms with Gasteiger partial charge in [-0.15, -0.1) is 0 Å². The van der Waals surface area contributed by atoms with Crippen molar-refractivity contribution in [2.75, 3.05) is 11.6 Å². The van der Waals surface area contributed by atoms with Gasteiger partial charge in [0.15, 0.2) is 15.9 Å². The standard InChI is InChI=1S/C17H17Cl2NO4S/c1-10-7-8-12(25(3,22)23)9-14(10)20-17(21)11(2)24-15-6-4-5-13(18)16(15)19/h4-9,11H,1-3H3,(H,20,21). The SMILES string of the molecule is Cc1ccc(S(C)(=O)=O)cc1NC(=O)C(C)Oc1cccc(Cl)c1Cl. The number of halogens is 2. The lowest BCUT2D eigenvalue weighted by Gasteiger charge is -2.17. The molecular weight excluding hydrogens is 385 g/mol. The molecule has 134 valence electrons. The van der Waals surface area contributed by atoms with Crippen LogP contribution in [-0.4, -0.2) is 26.7 Å². The molecule has 0 fully saturated rings. The molecule has 0 aliphatic carbocycles. The first-order chi connectivity index (χ1) is 11.6. The van der Waals surface area contributed by atoms with Gasteiger partial charge in [0.2, 0.25) is 0 Å². The third kappa shape index (κ3) is 4.87. The highest BCUT2D eigenvalue weighted by Crippen LogP contribution is 2.32. The van der Waals surface area contributed by atoms with E-state index >= 15 is 0 Å². The molecule has 2 aromatic carbocycles. The summed E-state index contributed by atoms with van der Waals surface area (Å²) in [5.74, 6) is -0.150. The zero-order chi connectivity index (χ0) is 18.8. The minimum absolute atomic E-state index is 0.125. The Balaban J connectivity index is 2.18. The summed E-state index contributed by atoms with van der Waals surface area (Å²) in [6, 6.07) is 9.42. The predicted molar refractivity (Wildman–Crippen MR) is 99.5 cm³/mol. The minimum Gasteiger partial charge on any atom is -0.479 e. The van der Waals surface area contributed by atoms with E-state index in [9.17, 15) is 13.2 Å². The van der Waals surface area contributed by atoms with Crippen LogP contribution in [0.4, 0.5) is 5.69 Å². The van der Waals surface area contributed by atoms with Gasteiger partial charge in [-0.2, -0.15) is 0 Å². The Kier molecular flexibility index (Phi) is 5.98. The lowest BCUT2D eigenvalue weighted by molar-refractivity contribution is -0.122. The Labute approximate surface area is 156 Å². The van der Waals surface area contributed by atoms with Gasteiger partial charge in [-0.25, -0.2) is 8.42 Å². The Morgan fingerprint density at radius 3 is 2.52 bits per heavy atom. The van der Waals surface area contributed by atoms with Crippen LogP contribution in [0.3, 0.4) is 0 Å². The Morgan fingerprint density at radius 2 is 1.88 bits per heavy atom. The van der Waals surface area contributed by atoms with Gasteiger partial charge in [-0.05, 0) is 43.7 Å². The third-order valence-corrected chi connectivity index (χ3v) is 5.40. The molecule has 2 rings (SSSR count). The third-order valence-electron chi connectivity index (χ3n) is 3.48. The number of anilines is 1. The maximum Gasteiger partial charge on any atom is 0.265 e. The van der Waals surface area contributed by atoms with Gasteiger partial charge in [0.05, 0.1) is 9.92 Å². The largest absolute Gasteiger partial charge is 0.479 e. The molecule has 0 heterocycles. The number of sulfone groups is 1. The van der Waals surface area contributed by atoms with Crippen molar-refractivity contribution in [1.29, 1.82) is 0 Å². The maximum absolute atomic E-state index is 12.4. The zero-order valence-electron chi connectivity index (χ0n) is 13.8. The molecule has 0 spiro atoms. The quantitative estimate of drug-likeness (QED) is 0.817. The number of hydrogen-bond donors (Lipinski definition) is 1. The van der Waals surface area contributed by atoms with Crippen LogP contribution >= 0.6 is 23.2 Å². The molecule has 0 radical (unpaired) electrons. The first-order valence-corrected chi connectivity index (χ1v) is 9.96. The molecule has 0 saturated heterocycles. The van der Waals surface area contributed by atoms with E-state index in [1.54, 1.807) is 38.1 Å². The molecule has 0 saturated carbocycles. The predicted octanol–water partition coefficient (Wildman–Crippen LogP) is 4.11. The Hall–Kier alpha value is -1.76. The summed E-state index contributed by atoms with van der Waals surface area (Å²) in [5, 5.41) is 3.22. The number of ether oxygens (including phenoxy) is 1. The van der Waals surface area contributed by atoms with Gasteiger partial charge in [-0.3, -0.25) is 4.79 Å². The van der Waals surface area contributed by atoms with Crippen molar-refractivity contribution >= 4 is 44.6 Å². The van der Waals surface area contributed by atoms with Crippen molar-refractivity contribution in [2.24, 2.45) is 0 Å². The second-order valence-electron chi connectivity index (χ2n) is 5.55. The van der Waals surface area contributed by atoms with Crippen LogP contribution in [0, 0.1) is 6.92 Å². The van der Waals surface area contributed by atoms with Crippen LogP contribution in [0.15, 0.2) is 41.3 Å². The molecule has 0 aliphatic rings. The van der Waals surface area contributed by atoms with Crippen molar-refractivity contribution < 1.29 is 17.9 Å². The molecule has 0 aliphatic heterocycles. The fourth-order valence-corrected chi connectivity index (χ4v) is 3.00. The summed E-state index contributed by atoms with van der Waals surface area (Å²) in [5.41, 5.74) is 1.13. The van der Waals surface area contributed by atoms with Crippen molar-refractivity contribution in [3.05, 3.63) is 52.0 Å². The average Bonchev–Trinajstić information content (AvgIpc) is 2.52. The van der Waals surface area contributed by atoms with E-state index in [0.717, 1.165) is 11.8 Å². The van der Waals surface area contributed by atoms with Crippen LogP contribution in [0.25, 0.3) is 0 Å². The molecule has 1 amide bonds. The van der Waals surface area contributed by atoms with Crippen LogP contribution < -0.4 is 10.1 Å². The fourth-order valence-electron chi connectivity index (χ4n) is 2.02. The van der Waals surface area contributed by atoms with Crippen LogP contribution in [0.5, 0.6) is 5.75 Å². The smallest absolute Gasteiger partial charge is 0.265 e. The number of nitrogens with one attached hydrogen (secondary N) is 1. The van der Waals surface area contributed by atoms with Crippen molar-refractivity contribution in [3.8, 4) is 5.75 Å². The van der Waals surface area contributed by atoms with Gasteiger partial charge in [0.25, 0.3) is 5.91 Å². The van der Waals surface area contributed by atoms with E-state index in [0.29, 0.717) is 16.5 Å². The molecular formula is C17H17Cl2NO4S. The molecule has 0 aromatic heterocycles. The Bertz CT molecular complexity index is 913. The van der Waals surface area contributed by atoms with E-state index in [1.165, 1.54) is 12.1 Å². The first kappa shape index (κ1) is 19.6. The summed E-state index contributed by atoms with van der Waals surface area (Å²) in [6.45, 7) is 3.32. The molecule has 1 unspecified atom stereocenters. The van der Waals surface area contributed by atoms with Gasteiger partial charge in [-0.1, -0.05) is 35.3 Å². The summed E-state index contributed by atoms with van der Waals surface area (Å²) < 4.78 is 28.9. The lowest BCUT2D eigenvalue weighted by atomic mass is 10.2. The fraction of sp³-hybridized carbons (Fsp3) is 0.235. The second kappa shape index (κ2) is 7.64. The normalized spacial score (nSPS) is 12.5. The summed E-state index contributed by atoms with van der Waals surface area (Å²) in [7, 11) is -3.37. The zero-order valence-corrected chi connectivity index (χ0v) is 16.2. The number of hydrogen-bond acceptors (Lipinski definition) is 4. The number of amides is 1. The van der Waals surface area contributed by atoms with Crippen molar-refractivity contribution in [1.82, 2.24) is 0 Å². The number of carbonyl (C=O) groups is 1. The lowest BCUT2D eigenvalue weighted by Crippen LogP contribution is -2.30. The molecule has 2 aromatic rings. The number of rotatable bonds is 5. The highest BCUT2D eigenvalue weighted by molar-refractivity contribution is 7.90. The number of aryl methyl sites for hydroxylation is 1. The summed E-state index contributed by atoms with van der Waals surface area (Å²) >= 11 is 12.0. The van der Waals surface area contributed by atoms with Crippen molar-refractivity contribution in [2.45, 2.75) is 24.8 Å².